The van der Waals surface area contributed by atoms with Crippen molar-refractivity contribution in [3.05, 3.63) is 107 Å². The van der Waals surface area contributed by atoms with Gasteiger partial charge >= 0.3 is 6.09 Å². The summed E-state index contributed by atoms with van der Waals surface area (Å²) in [5.41, 5.74) is -0.0723. The molecule has 11 heteroatoms. The number of halogens is 3. The van der Waals surface area contributed by atoms with E-state index >= 15 is 8.78 Å². The number of hydrogen-bond donors (Lipinski definition) is 3. The third kappa shape index (κ3) is 7.12. The summed E-state index contributed by atoms with van der Waals surface area (Å²) in [5.74, 6) is -5.56. The lowest BCUT2D eigenvalue weighted by Gasteiger charge is -2.40. The molecular formula is C31H30ClF2N3O5. The molecule has 1 heterocycles. The Bertz CT molecular complexity index is 1410. The zero-order valence-corrected chi connectivity index (χ0v) is 23.2. The molecule has 1 aliphatic heterocycles. The first-order valence-electron chi connectivity index (χ1n) is 13.4. The molecular weight excluding hydrogens is 568 g/mol. The van der Waals surface area contributed by atoms with Crippen LogP contribution in [0.4, 0.5) is 13.6 Å². The van der Waals surface area contributed by atoms with Crippen LogP contribution >= 0.6 is 11.6 Å². The fraction of sp³-hybridized carbons (Fsp3) is 0.290. The summed E-state index contributed by atoms with van der Waals surface area (Å²) < 4.78 is 33.0. The van der Waals surface area contributed by atoms with Gasteiger partial charge in [-0.15, -0.1) is 0 Å². The first kappa shape index (κ1) is 30.6. The van der Waals surface area contributed by atoms with E-state index in [0.29, 0.717) is 29.7 Å². The molecule has 4 rings (SSSR count). The highest BCUT2D eigenvalue weighted by atomic mass is 35.5. The van der Waals surface area contributed by atoms with Gasteiger partial charge in [-0.05, 0) is 36.1 Å². The van der Waals surface area contributed by atoms with Gasteiger partial charge in [0.2, 0.25) is 11.8 Å². The highest BCUT2D eigenvalue weighted by molar-refractivity contribution is 6.30. The lowest BCUT2D eigenvalue weighted by molar-refractivity contribution is -0.135. The van der Waals surface area contributed by atoms with E-state index in [4.69, 9.17) is 11.6 Å². The van der Waals surface area contributed by atoms with Gasteiger partial charge in [0.25, 0.3) is 5.92 Å². The minimum absolute atomic E-state index is 0.00695. The van der Waals surface area contributed by atoms with Crippen LogP contribution in [0, 0.1) is 5.92 Å². The Labute approximate surface area is 246 Å². The Balaban J connectivity index is 1.79. The predicted octanol–water partition coefficient (Wildman–Crippen LogP) is 4.97. The molecule has 4 atom stereocenters. The van der Waals surface area contributed by atoms with E-state index in [1.54, 1.807) is 36.4 Å². The standard InChI is InChI=1S/C31H30ClF2N3O5/c32-24-13-7-12-23(18-24)31(33,34)27(21-10-5-2-6-11-21)37(30(41)42)26(16-20-8-3-1-4-9-20)29(40)36-25(19-38)17-22-14-15-35-28(22)39/h1-13,18-19,22,25-27H,14-17H2,(H,35,39)(H,36,40)(H,41,42)/t22-,25-,26-,27?/m0/s1. The molecule has 1 fully saturated rings. The van der Waals surface area contributed by atoms with Crippen LogP contribution in [-0.2, 0) is 26.7 Å². The van der Waals surface area contributed by atoms with Gasteiger partial charge in [0.15, 0.2) is 0 Å². The Kier molecular flexibility index (Phi) is 9.90. The molecule has 0 saturated carbocycles. The van der Waals surface area contributed by atoms with Crippen molar-refractivity contribution in [3.8, 4) is 0 Å². The summed E-state index contributed by atoms with van der Waals surface area (Å²) in [7, 11) is 0. The van der Waals surface area contributed by atoms with E-state index in [0.717, 1.165) is 12.1 Å². The van der Waals surface area contributed by atoms with Gasteiger partial charge in [-0.2, -0.15) is 8.78 Å². The number of carbonyl (C=O) groups is 4. The van der Waals surface area contributed by atoms with E-state index in [1.807, 2.05) is 0 Å². The van der Waals surface area contributed by atoms with Crippen molar-refractivity contribution in [2.24, 2.45) is 5.92 Å². The Morgan fingerprint density at radius 1 is 1.07 bits per heavy atom. The number of benzene rings is 3. The fourth-order valence-corrected chi connectivity index (χ4v) is 5.41. The normalized spacial score (nSPS) is 17.0. The van der Waals surface area contributed by atoms with E-state index in [9.17, 15) is 24.3 Å². The van der Waals surface area contributed by atoms with Gasteiger partial charge in [-0.3, -0.25) is 14.5 Å². The molecule has 3 amide bonds. The quantitative estimate of drug-likeness (QED) is 0.255. The molecule has 220 valence electrons. The molecule has 3 aromatic rings. The van der Waals surface area contributed by atoms with Crippen molar-refractivity contribution < 1.29 is 33.1 Å². The Morgan fingerprint density at radius 3 is 2.31 bits per heavy atom. The number of nitrogens with zero attached hydrogens (tertiary/aromatic N) is 1. The van der Waals surface area contributed by atoms with E-state index in [2.05, 4.69) is 10.6 Å². The Hall–Kier alpha value is -4.31. The fourth-order valence-electron chi connectivity index (χ4n) is 5.22. The lowest BCUT2D eigenvalue weighted by Crippen LogP contribution is -2.56. The molecule has 1 saturated heterocycles. The molecule has 0 aliphatic carbocycles. The van der Waals surface area contributed by atoms with Gasteiger partial charge in [0.1, 0.15) is 18.4 Å². The van der Waals surface area contributed by atoms with Crippen LogP contribution in [0.2, 0.25) is 5.02 Å². The largest absolute Gasteiger partial charge is 0.465 e. The predicted molar refractivity (Wildman–Crippen MR) is 152 cm³/mol. The smallest absolute Gasteiger partial charge is 0.408 e. The highest BCUT2D eigenvalue weighted by Crippen LogP contribution is 2.46. The van der Waals surface area contributed by atoms with E-state index < -0.39 is 47.5 Å². The van der Waals surface area contributed by atoms with Crippen molar-refractivity contribution in [1.29, 1.82) is 0 Å². The lowest BCUT2D eigenvalue weighted by atomic mass is 9.90. The van der Waals surface area contributed by atoms with E-state index in [-0.39, 0.29) is 29.3 Å². The van der Waals surface area contributed by atoms with Crippen molar-refractivity contribution in [2.75, 3.05) is 6.54 Å². The van der Waals surface area contributed by atoms with Crippen LogP contribution in [0.1, 0.15) is 35.6 Å². The van der Waals surface area contributed by atoms with E-state index in [1.165, 1.54) is 36.4 Å². The number of nitrogens with one attached hydrogen (secondary N) is 2. The van der Waals surface area contributed by atoms with Crippen LogP contribution in [-0.4, -0.2) is 52.8 Å². The van der Waals surface area contributed by atoms with Crippen molar-refractivity contribution in [3.63, 3.8) is 0 Å². The molecule has 1 unspecified atom stereocenters. The Morgan fingerprint density at radius 2 is 1.74 bits per heavy atom. The van der Waals surface area contributed by atoms with Crippen molar-refractivity contribution in [1.82, 2.24) is 15.5 Å². The average molecular weight is 598 g/mol. The van der Waals surface area contributed by atoms with Crippen LogP contribution in [0.3, 0.4) is 0 Å². The maximum atomic E-state index is 16.5. The first-order valence-corrected chi connectivity index (χ1v) is 13.8. The van der Waals surface area contributed by atoms with Crippen LogP contribution < -0.4 is 10.6 Å². The maximum absolute atomic E-state index is 16.5. The SMILES string of the molecule is O=C[C@H](C[C@@H]1CCNC1=O)NC(=O)[C@H](Cc1ccccc1)N(C(=O)O)C(c1ccccc1)C(F)(F)c1cccc(Cl)c1. The zero-order chi connectivity index (χ0) is 30.3. The van der Waals surface area contributed by atoms with Gasteiger partial charge in [-0.1, -0.05) is 84.4 Å². The van der Waals surface area contributed by atoms with Gasteiger partial charge in [0, 0.05) is 29.5 Å². The summed E-state index contributed by atoms with van der Waals surface area (Å²) in [4.78, 5) is 51.2. The number of aldehydes is 1. The van der Waals surface area contributed by atoms with Crippen LogP contribution in [0.25, 0.3) is 0 Å². The van der Waals surface area contributed by atoms with Crippen molar-refractivity contribution >= 4 is 35.8 Å². The molecule has 0 spiro atoms. The molecule has 3 aromatic carbocycles. The number of alkyl halides is 2. The minimum atomic E-state index is -3.84. The summed E-state index contributed by atoms with van der Waals surface area (Å²) in [6.07, 6.45) is -1.10. The second kappa shape index (κ2) is 13.6. The molecule has 1 aliphatic rings. The number of amides is 3. The molecule has 0 aromatic heterocycles. The second-order valence-electron chi connectivity index (χ2n) is 10.1. The summed E-state index contributed by atoms with van der Waals surface area (Å²) in [6, 6.07) is 15.7. The number of carboxylic acid groups (broad SMARTS) is 1. The number of hydrogen-bond acceptors (Lipinski definition) is 4. The molecule has 42 heavy (non-hydrogen) atoms. The molecule has 8 nitrogen and oxygen atoms in total. The summed E-state index contributed by atoms with van der Waals surface area (Å²) in [6.45, 7) is 0.434. The van der Waals surface area contributed by atoms with Crippen LogP contribution in [0.15, 0.2) is 84.9 Å². The third-order valence-corrected chi connectivity index (χ3v) is 7.51. The van der Waals surface area contributed by atoms with Crippen molar-refractivity contribution in [2.45, 2.75) is 43.3 Å². The second-order valence-corrected chi connectivity index (χ2v) is 10.5. The third-order valence-electron chi connectivity index (χ3n) is 7.27. The highest BCUT2D eigenvalue weighted by Gasteiger charge is 2.51. The van der Waals surface area contributed by atoms with Gasteiger partial charge in [0.05, 0.1) is 6.04 Å². The van der Waals surface area contributed by atoms with Gasteiger partial charge in [-0.25, -0.2) is 4.79 Å². The number of carbonyl (C=O) groups excluding carboxylic acids is 3. The maximum Gasteiger partial charge on any atom is 0.408 e. The zero-order valence-electron chi connectivity index (χ0n) is 22.5. The monoisotopic (exact) mass is 597 g/mol. The first-order chi connectivity index (χ1) is 20.1. The number of rotatable bonds is 12. The molecule has 3 N–H and O–H groups in total. The summed E-state index contributed by atoms with van der Waals surface area (Å²) >= 11 is 6.03. The summed E-state index contributed by atoms with van der Waals surface area (Å²) in [5, 5.41) is 15.7. The molecule has 0 bridgehead atoms. The van der Waals surface area contributed by atoms with Gasteiger partial charge < -0.3 is 20.5 Å². The van der Waals surface area contributed by atoms with Crippen LogP contribution in [0.5, 0.6) is 0 Å². The minimum Gasteiger partial charge on any atom is -0.465 e. The topological polar surface area (TPSA) is 116 Å². The molecule has 0 radical (unpaired) electrons. The average Bonchev–Trinajstić information content (AvgIpc) is 3.38.